The van der Waals surface area contributed by atoms with Gasteiger partial charge in [0.25, 0.3) is 0 Å². The first-order valence-corrected chi connectivity index (χ1v) is 9.70. The van der Waals surface area contributed by atoms with E-state index in [1.165, 1.54) is 19.1 Å². The van der Waals surface area contributed by atoms with Crippen molar-refractivity contribution in [1.29, 1.82) is 0 Å². The second-order valence-electron chi connectivity index (χ2n) is 7.34. The van der Waals surface area contributed by atoms with Gasteiger partial charge in [-0.15, -0.1) is 0 Å². The zero-order valence-corrected chi connectivity index (χ0v) is 16.1. The molecule has 1 saturated heterocycles. The molecule has 0 spiro atoms. The predicted octanol–water partition coefficient (Wildman–Crippen LogP) is 6.48. The molecule has 2 aromatic rings. The molecule has 2 nitrogen and oxygen atoms in total. The number of anilines is 1. The van der Waals surface area contributed by atoms with Gasteiger partial charge in [-0.05, 0) is 42.7 Å². The van der Waals surface area contributed by atoms with Crippen LogP contribution in [0, 0.1) is 0 Å². The third-order valence-electron chi connectivity index (χ3n) is 5.40. The van der Waals surface area contributed by atoms with E-state index in [2.05, 4.69) is 0 Å². The zero-order valence-electron chi connectivity index (χ0n) is 16.1. The molecule has 0 bridgehead atoms. The van der Waals surface area contributed by atoms with Crippen LogP contribution < -0.4 is 4.90 Å². The number of halogens is 5. The second-order valence-corrected chi connectivity index (χ2v) is 7.34. The Morgan fingerprint density at radius 1 is 0.931 bits per heavy atom. The molecule has 2 aromatic carbocycles. The van der Waals surface area contributed by atoms with Gasteiger partial charge in [0.05, 0.1) is 18.2 Å². The number of hydrogen-bond donors (Lipinski definition) is 0. The highest BCUT2D eigenvalue weighted by atomic mass is 19.4. The predicted molar refractivity (Wildman–Crippen MR) is 102 cm³/mol. The van der Waals surface area contributed by atoms with E-state index >= 15 is 0 Å². The van der Waals surface area contributed by atoms with Gasteiger partial charge in [-0.25, -0.2) is 0 Å². The molecule has 29 heavy (non-hydrogen) atoms. The summed E-state index contributed by atoms with van der Waals surface area (Å²) in [6.45, 7) is 1.80. The van der Waals surface area contributed by atoms with Crippen molar-refractivity contribution in [2.75, 3.05) is 18.1 Å². The van der Waals surface area contributed by atoms with E-state index in [0.717, 1.165) is 23.4 Å². The minimum absolute atomic E-state index is 0.0143. The lowest BCUT2D eigenvalue weighted by atomic mass is 9.86. The Kier molecular flexibility index (Phi) is 6.46. The van der Waals surface area contributed by atoms with Crippen molar-refractivity contribution < 1.29 is 26.7 Å². The third-order valence-corrected chi connectivity index (χ3v) is 5.40. The van der Waals surface area contributed by atoms with Crippen LogP contribution in [0.1, 0.15) is 43.2 Å². The van der Waals surface area contributed by atoms with E-state index in [4.69, 9.17) is 4.74 Å². The van der Waals surface area contributed by atoms with Crippen molar-refractivity contribution in [2.24, 2.45) is 0 Å². The first kappa shape index (κ1) is 21.6. The maximum atomic E-state index is 13.6. The Balaban J connectivity index is 1.77. The molecule has 2 atom stereocenters. The number of hydrogen-bond acceptors (Lipinski definition) is 2. The molecule has 0 N–H and O–H groups in total. The van der Waals surface area contributed by atoms with Crippen LogP contribution in [-0.4, -0.2) is 25.3 Å². The van der Waals surface area contributed by atoms with Crippen LogP contribution >= 0.6 is 0 Å². The van der Waals surface area contributed by atoms with Crippen molar-refractivity contribution in [3.8, 4) is 0 Å². The summed E-state index contributed by atoms with van der Waals surface area (Å²) in [6, 6.07) is 14.4. The average molecular weight is 413 g/mol. The van der Waals surface area contributed by atoms with Crippen LogP contribution in [0.2, 0.25) is 0 Å². The Morgan fingerprint density at radius 2 is 1.59 bits per heavy atom. The Bertz CT molecular complexity index is 776. The lowest BCUT2D eigenvalue weighted by molar-refractivity contribution is -0.241. The number of nitrogens with zero attached hydrogens (tertiary/aromatic N) is 1. The fourth-order valence-electron chi connectivity index (χ4n) is 3.67. The zero-order chi connectivity index (χ0) is 21.1. The summed E-state index contributed by atoms with van der Waals surface area (Å²) >= 11 is 0. The minimum Gasteiger partial charge on any atom is -0.366 e. The molecule has 1 fully saturated rings. The quantitative estimate of drug-likeness (QED) is 0.503. The largest absolute Gasteiger partial charge is 0.416 e. The van der Waals surface area contributed by atoms with Gasteiger partial charge in [-0.3, -0.25) is 0 Å². The number of benzene rings is 2. The standard InChI is InChI=1S/C22H24F5NO/c1-2-21(23,24)29-15-20-13-10-17(14-28(20)19-6-4-3-5-7-19)16-8-11-18(12-9-16)22(25,26)27/h3-9,11-12,17,20H,2,10,13-15H2,1H3/t17-,20-/m1/s1. The van der Waals surface area contributed by atoms with E-state index in [1.807, 2.05) is 35.2 Å². The van der Waals surface area contributed by atoms with Gasteiger partial charge in [-0.1, -0.05) is 37.3 Å². The topological polar surface area (TPSA) is 12.5 Å². The van der Waals surface area contributed by atoms with E-state index in [9.17, 15) is 22.0 Å². The molecule has 1 aliphatic rings. The molecule has 158 valence electrons. The molecule has 1 heterocycles. The lowest BCUT2D eigenvalue weighted by Gasteiger charge is -2.42. The van der Waals surface area contributed by atoms with Crippen LogP contribution in [-0.2, 0) is 10.9 Å². The molecular weight excluding hydrogens is 389 g/mol. The highest BCUT2D eigenvalue weighted by molar-refractivity contribution is 5.48. The normalized spacial score (nSPS) is 20.7. The molecule has 0 unspecified atom stereocenters. The summed E-state index contributed by atoms with van der Waals surface area (Å²) in [7, 11) is 0. The fraction of sp³-hybridized carbons (Fsp3) is 0.455. The van der Waals surface area contributed by atoms with Gasteiger partial charge in [-0.2, -0.15) is 22.0 Å². The third kappa shape index (κ3) is 5.47. The summed E-state index contributed by atoms with van der Waals surface area (Å²) in [6.07, 6.45) is -6.61. The number of alkyl halides is 5. The molecule has 3 rings (SSSR count). The van der Waals surface area contributed by atoms with Crippen LogP contribution in [0.4, 0.5) is 27.6 Å². The first-order valence-electron chi connectivity index (χ1n) is 9.70. The maximum absolute atomic E-state index is 13.6. The van der Waals surface area contributed by atoms with Crippen molar-refractivity contribution >= 4 is 5.69 Å². The van der Waals surface area contributed by atoms with Crippen LogP contribution in [0.25, 0.3) is 0 Å². The Morgan fingerprint density at radius 3 is 2.17 bits per heavy atom. The van der Waals surface area contributed by atoms with Crippen molar-refractivity contribution in [3.63, 3.8) is 0 Å². The molecule has 0 aliphatic carbocycles. The highest BCUT2D eigenvalue weighted by Crippen LogP contribution is 2.36. The average Bonchev–Trinajstić information content (AvgIpc) is 2.72. The fourth-order valence-corrected chi connectivity index (χ4v) is 3.67. The molecule has 0 amide bonds. The van der Waals surface area contributed by atoms with E-state index in [0.29, 0.717) is 19.4 Å². The summed E-state index contributed by atoms with van der Waals surface area (Å²) < 4.78 is 70.5. The summed E-state index contributed by atoms with van der Waals surface area (Å²) in [5.41, 5.74) is 1.03. The highest BCUT2D eigenvalue weighted by Gasteiger charge is 2.34. The number of ether oxygens (including phenoxy) is 1. The van der Waals surface area contributed by atoms with Gasteiger partial charge in [0.15, 0.2) is 0 Å². The van der Waals surface area contributed by atoms with Gasteiger partial charge in [0.2, 0.25) is 0 Å². The van der Waals surface area contributed by atoms with Crippen LogP contribution in [0.15, 0.2) is 54.6 Å². The van der Waals surface area contributed by atoms with Crippen molar-refractivity contribution in [1.82, 2.24) is 0 Å². The molecule has 0 aromatic heterocycles. The monoisotopic (exact) mass is 413 g/mol. The molecule has 0 saturated carbocycles. The number of para-hydroxylation sites is 1. The minimum atomic E-state index is -4.37. The molecular formula is C22H24F5NO. The smallest absolute Gasteiger partial charge is 0.366 e. The van der Waals surface area contributed by atoms with Gasteiger partial charge in [0, 0.05) is 24.6 Å². The van der Waals surface area contributed by atoms with Crippen LogP contribution in [0.5, 0.6) is 0 Å². The maximum Gasteiger partial charge on any atom is 0.416 e. The molecule has 1 aliphatic heterocycles. The van der Waals surface area contributed by atoms with Gasteiger partial charge in [0.1, 0.15) is 0 Å². The SMILES string of the molecule is CCC(F)(F)OC[C@H]1CC[C@@H](c2ccc(C(F)(F)F)cc2)CN1c1ccccc1. The van der Waals surface area contributed by atoms with E-state index in [1.54, 1.807) is 0 Å². The molecule has 0 radical (unpaired) electrons. The number of piperidine rings is 1. The van der Waals surface area contributed by atoms with Gasteiger partial charge >= 0.3 is 12.3 Å². The van der Waals surface area contributed by atoms with Crippen LogP contribution in [0.3, 0.4) is 0 Å². The van der Waals surface area contributed by atoms with E-state index in [-0.39, 0.29) is 25.0 Å². The Labute approximate surface area is 167 Å². The van der Waals surface area contributed by atoms with E-state index < -0.39 is 17.8 Å². The summed E-state index contributed by atoms with van der Waals surface area (Å²) in [4.78, 5) is 2.03. The summed E-state index contributed by atoms with van der Waals surface area (Å²) in [5.74, 6) is 0.0143. The Hall–Kier alpha value is -2.15. The lowest BCUT2D eigenvalue weighted by Crippen LogP contribution is -2.46. The van der Waals surface area contributed by atoms with Gasteiger partial charge < -0.3 is 9.64 Å². The number of rotatable bonds is 6. The molecule has 7 heteroatoms. The second kappa shape index (κ2) is 8.69. The van der Waals surface area contributed by atoms with Crippen molar-refractivity contribution in [2.45, 2.75) is 50.4 Å². The van der Waals surface area contributed by atoms with Crippen molar-refractivity contribution in [3.05, 3.63) is 65.7 Å². The summed E-state index contributed by atoms with van der Waals surface area (Å²) in [5, 5.41) is 0. The first-order chi connectivity index (χ1) is 13.7.